The first-order valence-corrected chi connectivity index (χ1v) is 5.69. The Labute approximate surface area is 98.8 Å². The molecule has 5 nitrogen and oxygen atoms in total. The van der Waals surface area contributed by atoms with E-state index in [0.717, 1.165) is 18.7 Å². The monoisotopic (exact) mass is 231 g/mol. The molecule has 0 bridgehead atoms. The molecule has 0 radical (unpaired) electrons. The summed E-state index contributed by atoms with van der Waals surface area (Å²) in [6.07, 6.45) is 0.657. The van der Waals surface area contributed by atoms with Gasteiger partial charge in [-0.1, -0.05) is 23.4 Å². The van der Waals surface area contributed by atoms with Crippen molar-refractivity contribution in [2.24, 2.45) is 0 Å². The Kier molecular flexibility index (Phi) is 2.44. The average Bonchev–Trinajstić information content (AvgIpc) is 2.94. The number of aromatic nitrogens is 2. The van der Waals surface area contributed by atoms with Gasteiger partial charge in [0.2, 0.25) is 5.82 Å². The maximum Gasteiger partial charge on any atom is 0.321 e. The Morgan fingerprint density at radius 1 is 1.41 bits per heavy atom. The number of benzene rings is 1. The lowest BCUT2D eigenvalue weighted by molar-refractivity contribution is 0.221. The molecule has 0 aliphatic carbocycles. The van der Waals surface area contributed by atoms with Crippen molar-refractivity contribution < 1.29 is 9.26 Å². The second-order valence-electron chi connectivity index (χ2n) is 3.91. The summed E-state index contributed by atoms with van der Waals surface area (Å²) in [4.78, 5) is 4.25. The summed E-state index contributed by atoms with van der Waals surface area (Å²) < 4.78 is 10.8. The molecule has 0 saturated carbocycles. The summed E-state index contributed by atoms with van der Waals surface area (Å²) in [6.45, 7) is 2.74. The van der Waals surface area contributed by atoms with E-state index in [1.807, 2.05) is 25.1 Å². The van der Waals surface area contributed by atoms with Gasteiger partial charge in [-0.3, -0.25) is 0 Å². The molecule has 1 atom stereocenters. The molecule has 2 heterocycles. The van der Waals surface area contributed by atoms with Crippen molar-refractivity contribution in [3.8, 4) is 5.75 Å². The molecule has 0 fully saturated rings. The zero-order valence-corrected chi connectivity index (χ0v) is 9.51. The molecule has 1 N–H and O–H groups in total. The van der Waals surface area contributed by atoms with Gasteiger partial charge in [0.1, 0.15) is 5.75 Å². The number of ether oxygens (including phenoxy) is 1. The summed E-state index contributed by atoms with van der Waals surface area (Å²) >= 11 is 0. The first kappa shape index (κ1) is 10.1. The fourth-order valence-corrected chi connectivity index (χ4v) is 1.91. The van der Waals surface area contributed by atoms with Crippen LogP contribution in [0.15, 0.2) is 28.8 Å². The molecule has 1 aliphatic heterocycles. The van der Waals surface area contributed by atoms with Crippen LogP contribution in [0.5, 0.6) is 5.75 Å². The second kappa shape index (κ2) is 4.08. The van der Waals surface area contributed by atoms with Crippen LogP contribution >= 0.6 is 0 Å². The Morgan fingerprint density at radius 3 is 3.12 bits per heavy atom. The van der Waals surface area contributed by atoms with E-state index in [-0.39, 0.29) is 6.10 Å². The zero-order valence-electron chi connectivity index (χ0n) is 9.51. The molecule has 0 spiro atoms. The van der Waals surface area contributed by atoms with Crippen molar-refractivity contribution in [2.45, 2.75) is 19.4 Å². The van der Waals surface area contributed by atoms with Crippen molar-refractivity contribution in [1.29, 1.82) is 0 Å². The van der Waals surface area contributed by atoms with Crippen molar-refractivity contribution in [3.05, 3.63) is 35.7 Å². The molecule has 1 unspecified atom stereocenters. The number of hydrogen-bond donors (Lipinski definition) is 1. The number of fused-ring (bicyclic) bond motifs is 1. The summed E-state index contributed by atoms with van der Waals surface area (Å²) in [5.41, 5.74) is 1.19. The first-order valence-electron chi connectivity index (χ1n) is 5.69. The van der Waals surface area contributed by atoms with E-state index in [0.29, 0.717) is 11.8 Å². The van der Waals surface area contributed by atoms with E-state index in [9.17, 15) is 0 Å². The molecule has 1 aliphatic rings. The molecule has 3 rings (SSSR count). The smallest absolute Gasteiger partial charge is 0.321 e. The van der Waals surface area contributed by atoms with Gasteiger partial charge in [-0.25, -0.2) is 0 Å². The molecule has 2 aromatic rings. The number of para-hydroxylation sites is 1. The van der Waals surface area contributed by atoms with Crippen LogP contribution in [-0.2, 0) is 6.42 Å². The third-order valence-corrected chi connectivity index (χ3v) is 2.70. The van der Waals surface area contributed by atoms with E-state index in [1.165, 1.54) is 5.56 Å². The lowest BCUT2D eigenvalue weighted by Crippen LogP contribution is -2.05. The van der Waals surface area contributed by atoms with Crippen LogP contribution in [0.4, 0.5) is 6.01 Å². The number of rotatable bonds is 3. The van der Waals surface area contributed by atoms with Gasteiger partial charge >= 0.3 is 6.01 Å². The molecule has 0 saturated heterocycles. The quantitative estimate of drug-likeness (QED) is 0.877. The maximum atomic E-state index is 5.77. The topological polar surface area (TPSA) is 60.2 Å². The molecular formula is C12H13N3O2. The van der Waals surface area contributed by atoms with Gasteiger partial charge in [-0.15, -0.1) is 0 Å². The van der Waals surface area contributed by atoms with Crippen LogP contribution in [0.1, 0.15) is 24.4 Å². The molecular weight excluding hydrogens is 218 g/mol. The zero-order chi connectivity index (χ0) is 11.7. The highest BCUT2D eigenvalue weighted by atomic mass is 16.5. The van der Waals surface area contributed by atoms with E-state index in [4.69, 9.17) is 9.26 Å². The summed E-state index contributed by atoms with van der Waals surface area (Å²) in [5.74, 6) is 1.50. The van der Waals surface area contributed by atoms with Crippen molar-refractivity contribution in [3.63, 3.8) is 0 Å². The van der Waals surface area contributed by atoms with E-state index >= 15 is 0 Å². The van der Waals surface area contributed by atoms with Crippen molar-refractivity contribution in [2.75, 3.05) is 11.9 Å². The third-order valence-electron chi connectivity index (χ3n) is 2.70. The minimum Gasteiger partial charge on any atom is -0.482 e. The lowest BCUT2D eigenvalue weighted by atomic mass is 10.1. The largest absolute Gasteiger partial charge is 0.482 e. The molecule has 17 heavy (non-hydrogen) atoms. The lowest BCUT2D eigenvalue weighted by Gasteiger charge is -2.04. The Balaban J connectivity index is 1.79. The number of nitrogens with zero attached hydrogens (tertiary/aromatic N) is 2. The fourth-order valence-electron chi connectivity index (χ4n) is 1.91. The highest BCUT2D eigenvalue weighted by molar-refractivity contribution is 5.38. The average molecular weight is 231 g/mol. The molecule has 1 aromatic carbocycles. The van der Waals surface area contributed by atoms with Gasteiger partial charge in [-0.2, -0.15) is 4.98 Å². The highest BCUT2D eigenvalue weighted by Crippen LogP contribution is 2.35. The van der Waals surface area contributed by atoms with Crippen LogP contribution in [-0.4, -0.2) is 16.7 Å². The van der Waals surface area contributed by atoms with Gasteiger partial charge in [0.15, 0.2) is 6.10 Å². The molecule has 5 heteroatoms. The fraction of sp³-hybridized carbons (Fsp3) is 0.333. The predicted molar refractivity (Wildman–Crippen MR) is 62.0 cm³/mol. The van der Waals surface area contributed by atoms with Crippen molar-refractivity contribution >= 4 is 6.01 Å². The number of hydrogen-bond acceptors (Lipinski definition) is 5. The maximum absolute atomic E-state index is 5.77. The van der Waals surface area contributed by atoms with Gasteiger partial charge < -0.3 is 14.6 Å². The van der Waals surface area contributed by atoms with Crippen molar-refractivity contribution in [1.82, 2.24) is 10.1 Å². The van der Waals surface area contributed by atoms with E-state index < -0.39 is 0 Å². The first-order chi connectivity index (χ1) is 8.36. The normalized spacial score (nSPS) is 17.6. The summed E-state index contributed by atoms with van der Waals surface area (Å²) in [6, 6.07) is 8.43. The highest BCUT2D eigenvalue weighted by Gasteiger charge is 2.28. The van der Waals surface area contributed by atoms with E-state index in [1.54, 1.807) is 0 Å². The second-order valence-corrected chi connectivity index (χ2v) is 3.91. The van der Waals surface area contributed by atoms with Gasteiger partial charge in [-0.05, 0) is 18.6 Å². The standard InChI is InChI=1S/C12H13N3O2/c1-2-13-12-14-11(15-17-12)10-7-8-5-3-4-6-9(8)16-10/h3-6,10H,2,7H2,1H3,(H,13,14,15). The minimum atomic E-state index is -0.136. The molecule has 88 valence electrons. The minimum absolute atomic E-state index is 0.136. The Bertz CT molecular complexity index is 499. The molecule has 1 aromatic heterocycles. The third kappa shape index (κ3) is 1.84. The van der Waals surface area contributed by atoms with Crippen LogP contribution in [0.25, 0.3) is 0 Å². The van der Waals surface area contributed by atoms with Crippen LogP contribution in [0, 0.1) is 0 Å². The summed E-state index contributed by atoms with van der Waals surface area (Å²) in [5, 5.41) is 6.90. The van der Waals surface area contributed by atoms with Gasteiger partial charge in [0.25, 0.3) is 0 Å². The number of nitrogens with one attached hydrogen (secondary N) is 1. The Hall–Kier alpha value is -2.04. The Morgan fingerprint density at radius 2 is 2.29 bits per heavy atom. The van der Waals surface area contributed by atoms with E-state index in [2.05, 4.69) is 21.5 Å². The van der Waals surface area contributed by atoms with Crippen LogP contribution < -0.4 is 10.1 Å². The van der Waals surface area contributed by atoms with Gasteiger partial charge in [0.05, 0.1) is 0 Å². The predicted octanol–water partition coefficient (Wildman–Crippen LogP) is 2.18. The van der Waals surface area contributed by atoms with Gasteiger partial charge in [0, 0.05) is 13.0 Å². The SMILES string of the molecule is CCNc1nc(C2Cc3ccccc3O2)no1. The van der Waals surface area contributed by atoms with Crippen LogP contribution in [0.2, 0.25) is 0 Å². The number of anilines is 1. The molecule has 0 amide bonds. The summed E-state index contributed by atoms with van der Waals surface area (Å²) in [7, 11) is 0. The van der Waals surface area contributed by atoms with Crippen LogP contribution in [0.3, 0.4) is 0 Å².